The van der Waals surface area contributed by atoms with E-state index in [1.807, 2.05) is 20.8 Å². The quantitative estimate of drug-likeness (QED) is 0.438. The number of aliphatic hydroxyl groups is 1. The van der Waals surface area contributed by atoms with Crippen molar-refractivity contribution >= 4 is 31.9 Å². The van der Waals surface area contributed by atoms with Gasteiger partial charge in [0.2, 0.25) is 0 Å². The monoisotopic (exact) mass is 557 g/mol. The molecule has 0 spiro atoms. The van der Waals surface area contributed by atoms with Crippen LogP contribution in [0.3, 0.4) is 0 Å². The summed E-state index contributed by atoms with van der Waals surface area (Å²) in [7, 11) is -4.02. The maximum absolute atomic E-state index is 13.7. The summed E-state index contributed by atoms with van der Waals surface area (Å²) in [6.07, 6.45) is -1.50. The second-order valence-electron chi connectivity index (χ2n) is 10.2. The zero-order chi connectivity index (χ0) is 25.9. The van der Waals surface area contributed by atoms with Crippen molar-refractivity contribution in [2.45, 2.75) is 63.3 Å². The lowest BCUT2D eigenvalue weighted by molar-refractivity contribution is -0.0307. The van der Waals surface area contributed by atoms with Crippen LogP contribution >= 0.6 is 15.9 Å². The van der Waals surface area contributed by atoms with Gasteiger partial charge >= 0.3 is 6.09 Å². The van der Waals surface area contributed by atoms with Gasteiger partial charge < -0.3 is 14.7 Å². The highest BCUT2D eigenvalue weighted by Gasteiger charge is 2.39. The molecule has 0 aromatic heterocycles. The number of ether oxygens (including phenoxy) is 1. The number of sulfone groups is 1. The summed E-state index contributed by atoms with van der Waals surface area (Å²) in [4.78, 5) is 14.6. The molecule has 9 heteroatoms. The van der Waals surface area contributed by atoms with Crippen LogP contribution in [0.1, 0.15) is 52.4 Å². The minimum absolute atomic E-state index is 0.0491. The maximum atomic E-state index is 13.7. The number of rotatable bonds is 7. The summed E-state index contributed by atoms with van der Waals surface area (Å²) in [5.41, 5.74) is -0.829. The molecule has 0 heterocycles. The Hall–Kier alpha value is -1.97. The smallest absolute Gasteiger partial charge is 0.410 e. The van der Waals surface area contributed by atoms with E-state index in [9.17, 15) is 22.7 Å². The topological polar surface area (TPSA) is 83.9 Å². The molecule has 2 rings (SSSR count). The first kappa shape index (κ1) is 28.3. The van der Waals surface area contributed by atoms with Crippen LogP contribution in [0.4, 0.5) is 9.18 Å². The van der Waals surface area contributed by atoms with Gasteiger partial charge in [-0.3, -0.25) is 0 Å². The number of hydrogen-bond donors (Lipinski definition) is 1. The summed E-state index contributed by atoms with van der Waals surface area (Å²) < 4.78 is 47.3. The Morgan fingerprint density at radius 1 is 1.03 bits per heavy atom. The summed E-state index contributed by atoms with van der Waals surface area (Å²) in [5, 5.41) is 8.62. The summed E-state index contributed by atoms with van der Waals surface area (Å²) >= 11 is 3.36. The number of aliphatic hydroxyl groups excluding tert-OH is 1. The minimum Gasteiger partial charge on any atom is -0.443 e. The van der Waals surface area contributed by atoms with Gasteiger partial charge in [0.25, 0.3) is 0 Å². The highest BCUT2D eigenvalue weighted by molar-refractivity contribution is 9.10. The first-order chi connectivity index (χ1) is 15.6. The van der Waals surface area contributed by atoms with E-state index in [0.717, 1.165) is 16.6 Å². The lowest BCUT2D eigenvalue weighted by atomic mass is 9.89. The molecule has 0 radical (unpaired) electrons. The number of carbonyl (C=O) groups excluding carboxylic acids is 1. The Morgan fingerprint density at radius 2 is 1.56 bits per heavy atom. The van der Waals surface area contributed by atoms with Gasteiger partial charge in [-0.2, -0.15) is 0 Å². The van der Waals surface area contributed by atoms with E-state index in [2.05, 4.69) is 15.9 Å². The van der Waals surface area contributed by atoms with Crippen LogP contribution in [-0.4, -0.2) is 49.3 Å². The van der Waals surface area contributed by atoms with Crippen molar-refractivity contribution in [3.63, 3.8) is 0 Å². The van der Waals surface area contributed by atoms with Crippen molar-refractivity contribution in [2.24, 2.45) is 5.41 Å². The van der Waals surface area contributed by atoms with Crippen LogP contribution in [0.2, 0.25) is 0 Å². The van der Waals surface area contributed by atoms with Crippen LogP contribution < -0.4 is 0 Å². The second kappa shape index (κ2) is 10.7. The predicted octanol–water partition coefficient (Wildman–Crippen LogP) is 5.75. The average molecular weight is 559 g/mol. The van der Waals surface area contributed by atoms with Gasteiger partial charge in [0, 0.05) is 22.0 Å². The van der Waals surface area contributed by atoms with E-state index in [-0.39, 0.29) is 18.0 Å². The first-order valence-corrected chi connectivity index (χ1v) is 13.3. The van der Waals surface area contributed by atoms with E-state index < -0.39 is 44.1 Å². The highest BCUT2D eigenvalue weighted by Crippen LogP contribution is 2.33. The summed E-state index contributed by atoms with van der Waals surface area (Å²) in [6, 6.07) is 11.4. The molecule has 0 aliphatic rings. The Morgan fingerprint density at radius 3 is 2.00 bits per heavy atom. The number of halogens is 2. The van der Waals surface area contributed by atoms with Crippen molar-refractivity contribution < 1.29 is 27.4 Å². The normalized spacial score (nSPS) is 14.4. The van der Waals surface area contributed by atoms with E-state index in [4.69, 9.17) is 4.74 Å². The third-order valence-corrected chi connectivity index (χ3v) is 8.14. The predicted molar refractivity (Wildman–Crippen MR) is 134 cm³/mol. The Kier molecular flexibility index (Phi) is 8.93. The number of nitrogens with zero attached hydrogens (tertiary/aromatic N) is 1. The Balaban J connectivity index is 2.54. The lowest BCUT2D eigenvalue weighted by Crippen LogP contribution is -2.51. The number of carbonyl (C=O) groups is 1. The number of hydrogen-bond acceptors (Lipinski definition) is 5. The van der Waals surface area contributed by atoms with E-state index >= 15 is 0 Å². The third-order valence-electron chi connectivity index (χ3n) is 5.51. The molecule has 0 bridgehead atoms. The molecule has 0 aliphatic carbocycles. The molecule has 2 unspecified atom stereocenters. The average Bonchev–Trinajstić information content (AvgIpc) is 2.71. The van der Waals surface area contributed by atoms with Crippen LogP contribution in [0.5, 0.6) is 0 Å². The van der Waals surface area contributed by atoms with Gasteiger partial charge in [0.1, 0.15) is 17.2 Å². The zero-order valence-electron chi connectivity index (χ0n) is 20.4. The fourth-order valence-electron chi connectivity index (χ4n) is 3.31. The van der Waals surface area contributed by atoms with Crippen LogP contribution in [0, 0.1) is 11.2 Å². The van der Waals surface area contributed by atoms with E-state index in [1.54, 1.807) is 45.0 Å². The van der Waals surface area contributed by atoms with Gasteiger partial charge in [0.05, 0.1) is 11.5 Å². The number of amides is 1. The van der Waals surface area contributed by atoms with Crippen LogP contribution in [0.15, 0.2) is 57.9 Å². The van der Waals surface area contributed by atoms with Gasteiger partial charge in [-0.25, -0.2) is 17.6 Å². The fraction of sp³-hybridized carbons (Fsp3) is 0.480. The minimum atomic E-state index is -4.02. The highest BCUT2D eigenvalue weighted by atomic mass is 79.9. The van der Waals surface area contributed by atoms with Gasteiger partial charge in [-0.1, -0.05) is 48.8 Å². The fourth-order valence-corrected chi connectivity index (χ4v) is 5.28. The molecular weight excluding hydrogens is 525 g/mol. The second-order valence-corrected chi connectivity index (χ2v) is 13.3. The molecule has 0 saturated carbocycles. The molecule has 1 N–H and O–H groups in total. The molecule has 1 amide bonds. The molecule has 2 aromatic carbocycles. The standard InChI is InChI=1S/C25H33BrFNO5S/c1-24(2,3)22(16-29)33-23(30)28(25(4,5)6)15-21(17-7-9-18(26)10-8-17)34(31,32)20-13-11-19(27)12-14-20/h7-14,21-22,29H,15-16H2,1-6H3. The molecular formula is C25H33BrFNO5S. The van der Waals surface area contributed by atoms with Crippen molar-refractivity contribution in [1.29, 1.82) is 0 Å². The molecule has 188 valence electrons. The first-order valence-electron chi connectivity index (χ1n) is 10.9. The molecule has 6 nitrogen and oxygen atoms in total. The van der Waals surface area contributed by atoms with Gasteiger partial charge in [0.15, 0.2) is 9.84 Å². The Labute approximate surface area is 210 Å². The Bertz CT molecular complexity index is 1070. The maximum Gasteiger partial charge on any atom is 0.410 e. The SMILES string of the molecule is CC(C)(C)C(CO)OC(=O)N(CC(c1ccc(Br)cc1)S(=O)(=O)c1ccc(F)cc1)C(C)(C)C. The molecule has 2 aromatic rings. The van der Waals surface area contributed by atoms with Crippen molar-refractivity contribution in [1.82, 2.24) is 4.90 Å². The van der Waals surface area contributed by atoms with Crippen molar-refractivity contribution in [2.75, 3.05) is 13.2 Å². The van der Waals surface area contributed by atoms with Crippen molar-refractivity contribution in [3.8, 4) is 0 Å². The van der Waals surface area contributed by atoms with Gasteiger partial charge in [-0.05, 0) is 62.7 Å². The van der Waals surface area contributed by atoms with Crippen molar-refractivity contribution in [3.05, 3.63) is 64.4 Å². The van der Waals surface area contributed by atoms with Crippen LogP contribution in [0.25, 0.3) is 0 Å². The third kappa shape index (κ3) is 7.02. The molecule has 0 fully saturated rings. The zero-order valence-corrected chi connectivity index (χ0v) is 22.8. The van der Waals surface area contributed by atoms with E-state index in [0.29, 0.717) is 5.56 Å². The largest absolute Gasteiger partial charge is 0.443 e. The van der Waals surface area contributed by atoms with Crippen LogP contribution in [-0.2, 0) is 14.6 Å². The van der Waals surface area contributed by atoms with E-state index in [1.165, 1.54) is 17.0 Å². The van der Waals surface area contributed by atoms with Gasteiger partial charge in [-0.15, -0.1) is 0 Å². The summed E-state index contributed by atoms with van der Waals surface area (Å²) in [6.45, 7) is 10.3. The molecule has 2 atom stereocenters. The molecule has 34 heavy (non-hydrogen) atoms. The number of benzene rings is 2. The molecule has 0 saturated heterocycles. The molecule has 0 aliphatic heterocycles. The summed E-state index contributed by atoms with van der Waals surface area (Å²) in [5.74, 6) is -0.545. The lowest BCUT2D eigenvalue weighted by Gasteiger charge is -2.39.